The lowest BCUT2D eigenvalue weighted by Crippen LogP contribution is -2.42. The molecule has 1 saturated heterocycles. The molecule has 178 valence electrons. The summed E-state index contributed by atoms with van der Waals surface area (Å²) in [7, 11) is 1.58. The summed E-state index contributed by atoms with van der Waals surface area (Å²) in [6.45, 7) is 2.23. The average Bonchev–Trinajstić information content (AvgIpc) is 3.31. The van der Waals surface area contributed by atoms with E-state index >= 15 is 0 Å². The highest BCUT2D eigenvalue weighted by molar-refractivity contribution is 5.93. The molecule has 2 atom stereocenters. The smallest absolute Gasteiger partial charge is 0.335 e. The van der Waals surface area contributed by atoms with Crippen LogP contribution in [0.2, 0.25) is 0 Å². The number of hydrogen-bond acceptors (Lipinski definition) is 10. The van der Waals surface area contributed by atoms with Gasteiger partial charge in [-0.2, -0.15) is 4.80 Å². The van der Waals surface area contributed by atoms with Crippen molar-refractivity contribution < 1.29 is 28.9 Å². The van der Waals surface area contributed by atoms with Crippen LogP contribution in [0.3, 0.4) is 0 Å². The van der Waals surface area contributed by atoms with Crippen LogP contribution in [0.25, 0.3) is 11.5 Å². The number of benzene rings is 1. The molecule has 3 heterocycles. The standard InChI is InChI=1S/C21H23N7O6/c1-12-23-16(7-17(24-12)20(29)22-8-13-4-3-5-14(6-13)32-2)19-25-27-28(26-19)9-15-10-34-18(11-33-15)21(30)31/h3-7,15,18H,8-11H2,1-2H3,(H,22,29)(H,30,31). The normalized spacial score (nSPS) is 17.8. The highest BCUT2D eigenvalue weighted by atomic mass is 16.6. The van der Waals surface area contributed by atoms with Crippen molar-refractivity contribution >= 4 is 11.9 Å². The first-order valence-electron chi connectivity index (χ1n) is 10.4. The van der Waals surface area contributed by atoms with Gasteiger partial charge >= 0.3 is 5.97 Å². The Bertz CT molecular complexity index is 1180. The number of rotatable bonds is 8. The summed E-state index contributed by atoms with van der Waals surface area (Å²) in [5.41, 5.74) is 1.40. The maximum atomic E-state index is 12.7. The molecule has 1 aliphatic rings. The molecule has 0 bridgehead atoms. The van der Waals surface area contributed by atoms with Crippen LogP contribution in [0.5, 0.6) is 5.75 Å². The van der Waals surface area contributed by atoms with Crippen molar-refractivity contribution in [1.29, 1.82) is 0 Å². The van der Waals surface area contributed by atoms with E-state index < -0.39 is 18.2 Å². The summed E-state index contributed by atoms with van der Waals surface area (Å²) in [4.78, 5) is 33.4. The van der Waals surface area contributed by atoms with E-state index in [0.29, 0.717) is 23.8 Å². The molecule has 0 saturated carbocycles. The first-order valence-corrected chi connectivity index (χ1v) is 10.4. The third-order valence-corrected chi connectivity index (χ3v) is 4.95. The third-order valence-electron chi connectivity index (χ3n) is 4.95. The zero-order valence-electron chi connectivity index (χ0n) is 18.5. The molecule has 0 aliphatic carbocycles. The number of hydrogen-bond donors (Lipinski definition) is 2. The molecule has 1 fully saturated rings. The van der Waals surface area contributed by atoms with Crippen LogP contribution in [0.15, 0.2) is 30.3 Å². The Hall–Kier alpha value is -3.97. The number of ether oxygens (including phenoxy) is 3. The summed E-state index contributed by atoms with van der Waals surface area (Å²) >= 11 is 0. The van der Waals surface area contributed by atoms with Crippen LogP contribution in [0.1, 0.15) is 21.9 Å². The molecule has 0 spiro atoms. The van der Waals surface area contributed by atoms with Crippen molar-refractivity contribution in [3.63, 3.8) is 0 Å². The SMILES string of the molecule is COc1cccc(CNC(=O)c2cc(-c3nnn(CC4COC(C(=O)O)CO4)n3)nc(C)n2)c1. The summed E-state index contributed by atoms with van der Waals surface area (Å²) in [6.07, 6.45) is -1.39. The van der Waals surface area contributed by atoms with Crippen molar-refractivity contribution in [2.75, 3.05) is 20.3 Å². The second kappa shape index (κ2) is 10.3. The van der Waals surface area contributed by atoms with Gasteiger partial charge < -0.3 is 24.6 Å². The molecule has 0 radical (unpaired) electrons. The molecule has 1 aromatic carbocycles. The quantitative estimate of drug-likeness (QED) is 0.464. The Kier molecular flexibility index (Phi) is 7.04. The first kappa shape index (κ1) is 23.2. The van der Waals surface area contributed by atoms with E-state index in [1.165, 1.54) is 10.9 Å². The highest BCUT2D eigenvalue weighted by Crippen LogP contribution is 2.15. The number of carboxylic acids is 1. The van der Waals surface area contributed by atoms with E-state index in [1.807, 2.05) is 24.3 Å². The van der Waals surface area contributed by atoms with E-state index in [2.05, 4.69) is 30.7 Å². The molecule has 1 aliphatic heterocycles. The molecule has 2 N–H and O–H groups in total. The molecule has 2 aromatic heterocycles. The van der Waals surface area contributed by atoms with Crippen molar-refractivity contribution in [3.8, 4) is 17.3 Å². The fourth-order valence-electron chi connectivity index (χ4n) is 3.25. The van der Waals surface area contributed by atoms with Crippen molar-refractivity contribution in [3.05, 3.63) is 47.4 Å². The number of aromatic nitrogens is 6. The Morgan fingerprint density at radius 1 is 1.24 bits per heavy atom. The number of amides is 1. The molecule has 13 nitrogen and oxygen atoms in total. The van der Waals surface area contributed by atoms with Crippen molar-refractivity contribution in [2.24, 2.45) is 0 Å². The lowest BCUT2D eigenvalue weighted by atomic mass is 10.2. The van der Waals surface area contributed by atoms with E-state index in [-0.39, 0.29) is 37.2 Å². The molecule has 2 unspecified atom stereocenters. The maximum Gasteiger partial charge on any atom is 0.335 e. The second-order valence-electron chi connectivity index (χ2n) is 7.50. The van der Waals surface area contributed by atoms with Crippen LogP contribution in [0, 0.1) is 6.92 Å². The molecule has 4 rings (SSSR count). The van der Waals surface area contributed by atoms with Gasteiger partial charge in [-0.1, -0.05) is 12.1 Å². The zero-order valence-corrected chi connectivity index (χ0v) is 18.5. The Morgan fingerprint density at radius 3 is 2.82 bits per heavy atom. The van der Waals surface area contributed by atoms with Crippen molar-refractivity contribution in [2.45, 2.75) is 32.2 Å². The van der Waals surface area contributed by atoms with Crippen LogP contribution >= 0.6 is 0 Å². The zero-order chi connectivity index (χ0) is 24.1. The van der Waals surface area contributed by atoms with Gasteiger partial charge in [0.25, 0.3) is 5.91 Å². The van der Waals surface area contributed by atoms with Gasteiger partial charge in [-0.15, -0.1) is 10.2 Å². The average molecular weight is 469 g/mol. The minimum absolute atomic E-state index is 0.0547. The lowest BCUT2D eigenvalue weighted by Gasteiger charge is -2.26. The van der Waals surface area contributed by atoms with Gasteiger partial charge in [0, 0.05) is 6.54 Å². The van der Waals surface area contributed by atoms with Gasteiger partial charge in [0.15, 0.2) is 6.10 Å². The van der Waals surface area contributed by atoms with Crippen LogP contribution in [0.4, 0.5) is 0 Å². The Labute approximate surface area is 194 Å². The number of methoxy groups -OCH3 is 1. The summed E-state index contributed by atoms with van der Waals surface area (Å²) in [6, 6.07) is 8.88. The van der Waals surface area contributed by atoms with Crippen LogP contribution in [-0.4, -0.2) is 79.7 Å². The molecule has 3 aromatic rings. The molecular weight excluding hydrogens is 446 g/mol. The number of carboxylic acid groups (broad SMARTS) is 1. The number of nitrogens with zero attached hydrogens (tertiary/aromatic N) is 6. The number of carbonyl (C=O) groups excluding carboxylic acids is 1. The molecular formula is C21H23N7O6. The fourth-order valence-corrected chi connectivity index (χ4v) is 3.25. The number of nitrogens with one attached hydrogen (secondary N) is 1. The number of carbonyl (C=O) groups is 2. The Balaban J connectivity index is 1.40. The fraction of sp³-hybridized carbons (Fsp3) is 0.381. The monoisotopic (exact) mass is 469 g/mol. The van der Waals surface area contributed by atoms with E-state index in [9.17, 15) is 9.59 Å². The minimum Gasteiger partial charge on any atom is -0.497 e. The summed E-state index contributed by atoms with van der Waals surface area (Å²) in [5.74, 6) is -0.144. The van der Waals surface area contributed by atoms with E-state index in [0.717, 1.165) is 5.56 Å². The van der Waals surface area contributed by atoms with Crippen LogP contribution in [-0.2, 0) is 27.4 Å². The molecule has 13 heteroatoms. The van der Waals surface area contributed by atoms with Crippen LogP contribution < -0.4 is 10.1 Å². The van der Waals surface area contributed by atoms with Gasteiger partial charge in [0.1, 0.15) is 29.1 Å². The predicted octanol–water partition coefficient (Wildman–Crippen LogP) is 0.246. The predicted molar refractivity (Wildman–Crippen MR) is 115 cm³/mol. The topological polar surface area (TPSA) is 163 Å². The summed E-state index contributed by atoms with van der Waals surface area (Å²) in [5, 5.41) is 24.1. The van der Waals surface area contributed by atoms with Gasteiger partial charge in [-0.3, -0.25) is 4.79 Å². The van der Waals surface area contributed by atoms with Gasteiger partial charge in [0.05, 0.1) is 26.9 Å². The maximum absolute atomic E-state index is 12.7. The largest absolute Gasteiger partial charge is 0.497 e. The number of tetrazole rings is 1. The van der Waals surface area contributed by atoms with E-state index in [1.54, 1.807) is 14.0 Å². The molecule has 1 amide bonds. The van der Waals surface area contributed by atoms with E-state index in [4.69, 9.17) is 19.3 Å². The Morgan fingerprint density at radius 2 is 2.09 bits per heavy atom. The molecule has 34 heavy (non-hydrogen) atoms. The first-order chi connectivity index (χ1) is 16.4. The van der Waals surface area contributed by atoms with Crippen molar-refractivity contribution in [1.82, 2.24) is 35.5 Å². The minimum atomic E-state index is -1.07. The highest BCUT2D eigenvalue weighted by Gasteiger charge is 2.28. The number of aryl methyl sites for hydroxylation is 1. The van der Waals surface area contributed by atoms with Gasteiger partial charge in [-0.05, 0) is 35.9 Å². The number of aliphatic carboxylic acids is 1. The summed E-state index contributed by atoms with van der Waals surface area (Å²) < 4.78 is 16.0. The lowest BCUT2D eigenvalue weighted by molar-refractivity contribution is -0.177. The second-order valence-corrected chi connectivity index (χ2v) is 7.50. The third kappa shape index (κ3) is 5.68. The van der Waals surface area contributed by atoms with Gasteiger partial charge in [0.2, 0.25) is 5.82 Å². The van der Waals surface area contributed by atoms with Gasteiger partial charge in [-0.25, -0.2) is 14.8 Å².